The number of carbonyl (C=O) groups excluding carboxylic acids is 1. The quantitative estimate of drug-likeness (QED) is 0.649. The number of amides is 1. The maximum atomic E-state index is 12.9. The van der Waals surface area contributed by atoms with E-state index >= 15 is 0 Å². The van der Waals surface area contributed by atoms with Crippen LogP contribution in [0.5, 0.6) is 0 Å². The van der Waals surface area contributed by atoms with E-state index in [1.54, 1.807) is 6.33 Å². The molecule has 0 aliphatic carbocycles. The Kier molecular flexibility index (Phi) is 5.66. The molecule has 29 heavy (non-hydrogen) atoms. The standard InChI is InChI=1S/C20H24N6O3/c1-3-28-13(2)18-24-17(29-25-18)11-21-20(27)16-9-6-10-26(16)19-14-7-4-5-8-15(14)22-12-23-19/h4-5,7-8,12-13,16H,3,6,9-11H2,1-2H3,(H,21,27)/t13-,16-/m0/s1. The molecule has 0 saturated carbocycles. The van der Waals surface area contributed by atoms with Crippen molar-refractivity contribution in [2.45, 2.75) is 45.4 Å². The van der Waals surface area contributed by atoms with Gasteiger partial charge >= 0.3 is 0 Å². The summed E-state index contributed by atoms with van der Waals surface area (Å²) in [7, 11) is 0. The number of nitrogens with zero attached hydrogens (tertiary/aromatic N) is 5. The molecule has 0 bridgehead atoms. The number of carbonyl (C=O) groups is 1. The van der Waals surface area contributed by atoms with E-state index in [1.807, 2.05) is 38.1 Å². The molecule has 9 nitrogen and oxygen atoms in total. The van der Waals surface area contributed by atoms with Crippen molar-refractivity contribution in [2.75, 3.05) is 18.1 Å². The average Bonchev–Trinajstić information content (AvgIpc) is 3.41. The van der Waals surface area contributed by atoms with Gasteiger partial charge in [0.2, 0.25) is 11.8 Å². The number of anilines is 1. The predicted octanol–water partition coefficient (Wildman–Crippen LogP) is 2.40. The first-order chi connectivity index (χ1) is 14.2. The molecule has 0 unspecified atom stereocenters. The van der Waals surface area contributed by atoms with Gasteiger partial charge in [-0.1, -0.05) is 17.3 Å². The van der Waals surface area contributed by atoms with Crippen LogP contribution in [0.3, 0.4) is 0 Å². The molecule has 1 amide bonds. The van der Waals surface area contributed by atoms with Crippen LogP contribution in [0.25, 0.3) is 10.9 Å². The maximum absolute atomic E-state index is 12.9. The molecule has 0 radical (unpaired) electrons. The van der Waals surface area contributed by atoms with Crippen LogP contribution in [0.1, 0.15) is 44.5 Å². The summed E-state index contributed by atoms with van der Waals surface area (Å²) in [6, 6.07) is 7.53. The third-order valence-corrected chi connectivity index (χ3v) is 5.03. The molecule has 1 saturated heterocycles. The van der Waals surface area contributed by atoms with E-state index < -0.39 is 0 Å². The summed E-state index contributed by atoms with van der Waals surface area (Å²) in [6.07, 6.45) is 2.99. The van der Waals surface area contributed by atoms with E-state index in [0.29, 0.717) is 18.3 Å². The van der Waals surface area contributed by atoms with Crippen LogP contribution < -0.4 is 10.2 Å². The van der Waals surface area contributed by atoms with E-state index in [4.69, 9.17) is 9.26 Å². The summed E-state index contributed by atoms with van der Waals surface area (Å²) in [5.74, 6) is 1.55. The lowest BCUT2D eigenvalue weighted by molar-refractivity contribution is -0.122. The highest BCUT2D eigenvalue weighted by molar-refractivity contribution is 5.93. The van der Waals surface area contributed by atoms with Gasteiger partial charge in [-0.15, -0.1) is 0 Å². The summed E-state index contributed by atoms with van der Waals surface area (Å²) in [5.41, 5.74) is 0.866. The van der Waals surface area contributed by atoms with Crippen LogP contribution in [-0.2, 0) is 16.1 Å². The second kappa shape index (κ2) is 8.52. The van der Waals surface area contributed by atoms with Crippen molar-refractivity contribution < 1.29 is 14.1 Å². The minimum absolute atomic E-state index is 0.0807. The normalized spacial score (nSPS) is 17.6. The number of para-hydroxylation sites is 1. The smallest absolute Gasteiger partial charge is 0.246 e. The van der Waals surface area contributed by atoms with Gasteiger partial charge in [-0.05, 0) is 38.8 Å². The van der Waals surface area contributed by atoms with Gasteiger partial charge in [0, 0.05) is 18.5 Å². The predicted molar refractivity (Wildman–Crippen MR) is 106 cm³/mol. The van der Waals surface area contributed by atoms with Crippen LogP contribution in [-0.4, -0.2) is 45.2 Å². The molecule has 2 aromatic heterocycles. The summed E-state index contributed by atoms with van der Waals surface area (Å²) in [4.78, 5) is 28.0. The molecule has 1 aromatic carbocycles. The Balaban J connectivity index is 1.44. The highest BCUT2D eigenvalue weighted by Gasteiger charge is 2.32. The van der Waals surface area contributed by atoms with Crippen LogP contribution in [0.4, 0.5) is 5.82 Å². The average molecular weight is 396 g/mol. The Labute approximate surface area is 168 Å². The number of rotatable bonds is 7. The van der Waals surface area contributed by atoms with Gasteiger partial charge < -0.3 is 19.5 Å². The van der Waals surface area contributed by atoms with E-state index in [-0.39, 0.29) is 24.6 Å². The molecule has 9 heteroatoms. The number of nitrogens with one attached hydrogen (secondary N) is 1. The van der Waals surface area contributed by atoms with Gasteiger partial charge in [-0.2, -0.15) is 4.98 Å². The minimum Gasteiger partial charge on any atom is -0.371 e. The molecule has 3 heterocycles. The fourth-order valence-corrected chi connectivity index (χ4v) is 3.62. The van der Waals surface area contributed by atoms with Crippen LogP contribution >= 0.6 is 0 Å². The first-order valence-electron chi connectivity index (χ1n) is 9.85. The Morgan fingerprint density at radius 2 is 2.24 bits per heavy atom. The van der Waals surface area contributed by atoms with E-state index in [2.05, 4.69) is 30.3 Å². The highest BCUT2D eigenvalue weighted by atomic mass is 16.5. The van der Waals surface area contributed by atoms with Gasteiger partial charge in [0.05, 0.1) is 12.1 Å². The molecule has 1 aliphatic rings. The monoisotopic (exact) mass is 396 g/mol. The van der Waals surface area contributed by atoms with Gasteiger partial charge in [-0.3, -0.25) is 4.79 Å². The second-order valence-electron chi connectivity index (χ2n) is 6.93. The molecule has 152 valence electrons. The van der Waals surface area contributed by atoms with Gasteiger partial charge in [0.15, 0.2) is 5.82 Å². The molecular weight excluding hydrogens is 372 g/mol. The Morgan fingerprint density at radius 3 is 3.10 bits per heavy atom. The molecule has 1 N–H and O–H groups in total. The van der Waals surface area contributed by atoms with Crippen molar-refractivity contribution in [3.05, 3.63) is 42.3 Å². The van der Waals surface area contributed by atoms with Crippen molar-refractivity contribution >= 4 is 22.6 Å². The molecule has 1 fully saturated rings. The topological polar surface area (TPSA) is 106 Å². The number of aromatic nitrogens is 4. The number of benzene rings is 1. The van der Waals surface area contributed by atoms with Gasteiger partial charge in [0.1, 0.15) is 24.3 Å². The third-order valence-electron chi connectivity index (χ3n) is 5.03. The number of ether oxygens (including phenoxy) is 1. The number of hydrogen-bond acceptors (Lipinski definition) is 8. The van der Waals surface area contributed by atoms with E-state index in [1.165, 1.54) is 0 Å². The zero-order chi connectivity index (χ0) is 20.2. The lowest BCUT2D eigenvalue weighted by atomic mass is 10.2. The van der Waals surface area contributed by atoms with Crippen molar-refractivity contribution in [3.8, 4) is 0 Å². The van der Waals surface area contributed by atoms with Crippen molar-refractivity contribution in [2.24, 2.45) is 0 Å². The molecule has 0 spiro atoms. The Hall–Kier alpha value is -3.07. The zero-order valence-corrected chi connectivity index (χ0v) is 16.5. The molecule has 1 aliphatic heterocycles. The number of fused-ring (bicyclic) bond motifs is 1. The van der Waals surface area contributed by atoms with Crippen LogP contribution in [0, 0.1) is 0 Å². The zero-order valence-electron chi connectivity index (χ0n) is 16.5. The Morgan fingerprint density at radius 1 is 1.38 bits per heavy atom. The van der Waals surface area contributed by atoms with Crippen LogP contribution in [0.15, 0.2) is 35.1 Å². The maximum Gasteiger partial charge on any atom is 0.246 e. The molecule has 4 rings (SSSR count). The molecular formula is C20H24N6O3. The summed E-state index contributed by atoms with van der Waals surface area (Å²) < 4.78 is 10.7. The Bertz CT molecular complexity index is 986. The van der Waals surface area contributed by atoms with E-state index in [9.17, 15) is 4.79 Å². The van der Waals surface area contributed by atoms with Crippen molar-refractivity contribution in [3.63, 3.8) is 0 Å². The fourth-order valence-electron chi connectivity index (χ4n) is 3.62. The highest BCUT2D eigenvalue weighted by Crippen LogP contribution is 2.29. The summed E-state index contributed by atoms with van der Waals surface area (Å²) in [5, 5.41) is 7.77. The van der Waals surface area contributed by atoms with Gasteiger partial charge in [0.25, 0.3) is 0 Å². The SMILES string of the molecule is CCO[C@@H](C)c1noc(CNC(=O)[C@@H]2CCCN2c2ncnc3ccccc23)n1. The first-order valence-corrected chi connectivity index (χ1v) is 9.85. The molecule has 2 atom stereocenters. The van der Waals surface area contributed by atoms with Crippen molar-refractivity contribution in [1.82, 2.24) is 25.4 Å². The second-order valence-corrected chi connectivity index (χ2v) is 6.93. The van der Waals surface area contributed by atoms with Crippen molar-refractivity contribution in [1.29, 1.82) is 0 Å². The van der Waals surface area contributed by atoms with Gasteiger partial charge in [-0.25, -0.2) is 9.97 Å². The minimum atomic E-state index is -0.293. The first kappa shape index (κ1) is 19.3. The number of hydrogen-bond donors (Lipinski definition) is 1. The largest absolute Gasteiger partial charge is 0.371 e. The third kappa shape index (κ3) is 4.04. The lowest BCUT2D eigenvalue weighted by Gasteiger charge is -2.25. The summed E-state index contributed by atoms with van der Waals surface area (Å²) >= 11 is 0. The fraction of sp³-hybridized carbons (Fsp3) is 0.450. The van der Waals surface area contributed by atoms with E-state index in [0.717, 1.165) is 36.1 Å². The lowest BCUT2D eigenvalue weighted by Crippen LogP contribution is -2.43. The summed E-state index contributed by atoms with van der Waals surface area (Å²) in [6.45, 7) is 5.29. The van der Waals surface area contributed by atoms with Crippen LogP contribution in [0.2, 0.25) is 0 Å². The molecule has 3 aromatic rings.